The Balaban J connectivity index is 2.03. The number of hydrogen-bond acceptors (Lipinski definition) is 6. The van der Waals surface area contributed by atoms with Crippen molar-refractivity contribution in [1.82, 2.24) is 9.55 Å². The lowest BCUT2D eigenvalue weighted by molar-refractivity contribution is 0.102. The Kier molecular flexibility index (Phi) is 7.02. The van der Waals surface area contributed by atoms with Crippen molar-refractivity contribution in [3.8, 4) is 0 Å². The summed E-state index contributed by atoms with van der Waals surface area (Å²) in [7, 11) is -1.97. The van der Waals surface area contributed by atoms with Crippen molar-refractivity contribution in [2.75, 3.05) is 12.3 Å². The van der Waals surface area contributed by atoms with Gasteiger partial charge in [-0.2, -0.15) is 0 Å². The number of fused-ring (bicyclic) bond motifs is 1. The number of nitrogens with zero attached hydrogens (tertiary/aromatic N) is 2. The van der Waals surface area contributed by atoms with E-state index >= 15 is 0 Å². The Labute approximate surface area is 200 Å². The highest BCUT2D eigenvalue weighted by Gasteiger charge is 2.37. The molecule has 0 aliphatic carbocycles. The number of halogens is 1. The number of rotatable bonds is 6. The van der Waals surface area contributed by atoms with E-state index in [0.29, 0.717) is 22.5 Å². The first kappa shape index (κ1) is 24.9. The highest BCUT2D eigenvalue weighted by Crippen LogP contribution is 2.37. The fourth-order valence-electron chi connectivity index (χ4n) is 3.18. The largest absolute Gasteiger partial charge is 0.449 e. The lowest BCUT2D eigenvalue weighted by Gasteiger charge is -2.36. The molecule has 0 atom stereocenters. The van der Waals surface area contributed by atoms with Crippen LogP contribution in [-0.4, -0.2) is 36.4 Å². The summed E-state index contributed by atoms with van der Waals surface area (Å²) in [6.07, 6.45) is 0.851. The van der Waals surface area contributed by atoms with Crippen LogP contribution in [0.5, 0.6) is 0 Å². The van der Waals surface area contributed by atoms with Crippen molar-refractivity contribution in [1.29, 1.82) is 0 Å². The fourth-order valence-corrected chi connectivity index (χ4v) is 4.30. The maximum atomic E-state index is 13.5. The number of nitrogen functional groups attached to an aromatic ring is 1. The Morgan fingerprint density at radius 1 is 1.18 bits per heavy atom. The number of carbonyl (C=O) groups is 2. The van der Waals surface area contributed by atoms with E-state index in [2.05, 4.69) is 38.8 Å². The minimum Gasteiger partial charge on any atom is -0.449 e. The summed E-state index contributed by atoms with van der Waals surface area (Å²) in [5.41, 5.74) is 7.88. The van der Waals surface area contributed by atoms with Crippen LogP contribution < -0.4 is 5.73 Å². The molecule has 0 unspecified atom stereocenters. The number of nitrogens with two attached hydrogens (primary N) is 1. The van der Waals surface area contributed by atoms with Gasteiger partial charge in [0.15, 0.2) is 8.32 Å². The first-order valence-electron chi connectivity index (χ1n) is 10.8. The molecule has 2 N–H and O–H groups in total. The summed E-state index contributed by atoms with van der Waals surface area (Å²) in [5.74, 6) is -0.484. The van der Waals surface area contributed by atoms with E-state index < -0.39 is 20.2 Å². The number of ketones is 1. The number of anilines is 1. The molecule has 0 spiro atoms. The van der Waals surface area contributed by atoms with Crippen molar-refractivity contribution in [2.24, 2.45) is 0 Å². The average Bonchev–Trinajstić information content (AvgIpc) is 3.03. The van der Waals surface area contributed by atoms with E-state index in [4.69, 9.17) is 26.5 Å². The highest BCUT2D eigenvalue weighted by atomic mass is 35.5. The summed E-state index contributed by atoms with van der Waals surface area (Å²) < 4.78 is 12.6. The third-order valence-corrected chi connectivity index (χ3v) is 10.8. The van der Waals surface area contributed by atoms with Gasteiger partial charge in [-0.25, -0.2) is 9.36 Å². The summed E-state index contributed by atoms with van der Waals surface area (Å²) in [6, 6.07) is 8.40. The SMILES string of the molecule is CCOC(=O)n1c(C(=O)c2cc(CO[Si](C)(C)C(C)(C)C)ccn2)c(N)c2ccc(Cl)cc21. The van der Waals surface area contributed by atoms with Crippen LogP contribution in [0.1, 0.15) is 49.4 Å². The Hall–Kier alpha value is -2.68. The lowest BCUT2D eigenvalue weighted by Crippen LogP contribution is -2.40. The predicted octanol–water partition coefficient (Wildman–Crippen LogP) is 6.03. The quantitative estimate of drug-likeness (QED) is 0.337. The first-order chi connectivity index (χ1) is 15.4. The van der Waals surface area contributed by atoms with Gasteiger partial charge in [0.05, 0.1) is 24.4 Å². The van der Waals surface area contributed by atoms with Crippen molar-refractivity contribution >= 4 is 48.4 Å². The zero-order valence-corrected chi connectivity index (χ0v) is 21.6. The van der Waals surface area contributed by atoms with Crippen molar-refractivity contribution in [3.05, 3.63) is 58.5 Å². The van der Waals surface area contributed by atoms with E-state index in [9.17, 15) is 9.59 Å². The maximum Gasteiger partial charge on any atom is 0.419 e. The molecule has 0 fully saturated rings. The minimum absolute atomic E-state index is 0.000631. The Morgan fingerprint density at radius 3 is 2.52 bits per heavy atom. The standard InChI is InChI=1S/C24H30ClN3O4Si/c1-7-31-23(30)28-19-13-16(25)8-9-17(19)20(26)21(28)22(29)18-12-15(10-11-27-18)14-32-33(5,6)24(2,3)4/h8-13H,7,14,26H2,1-6H3. The second-order valence-corrected chi connectivity index (χ2v) is 14.6. The number of benzene rings is 1. The minimum atomic E-state index is -1.97. The summed E-state index contributed by atoms with van der Waals surface area (Å²) in [4.78, 5) is 30.5. The number of pyridine rings is 1. The third-order valence-electron chi connectivity index (χ3n) is 6.10. The first-order valence-corrected chi connectivity index (χ1v) is 14.1. The zero-order chi connectivity index (χ0) is 24.6. The molecule has 33 heavy (non-hydrogen) atoms. The van der Waals surface area contributed by atoms with Crippen LogP contribution in [-0.2, 0) is 15.8 Å². The Bertz CT molecular complexity index is 1210. The second-order valence-electron chi connectivity index (χ2n) is 9.39. The van der Waals surface area contributed by atoms with Crippen LogP contribution in [0, 0.1) is 0 Å². The van der Waals surface area contributed by atoms with Gasteiger partial charge in [0.2, 0.25) is 5.78 Å². The van der Waals surface area contributed by atoms with Gasteiger partial charge in [-0.15, -0.1) is 0 Å². The van der Waals surface area contributed by atoms with Crippen LogP contribution in [0.4, 0.5) is 10.5 Å². The molecular weight excluding hydrogens is 458 g/mol. The van der Waals surface area contributed by atoms with E-state index in [1.807, 2.05) is 6.07 Å². The lowest BCUT2D eigenvalue weighted by atomic mass is 10.1. The van der Waals surface area contributed by atoms with Crippen molar-refractivity contribution in [3.63, 3.8) is 0 Å². The molecule has 0 bridgehead atoms. The monoisotopic (exact) mass is 487 g/mol. The molecule has 0 amide bonds. The van der Waals surface area contributed by atoms with Gasteiger partial charge >= 0.3 is 6.09 Å². The molecule has 0 saturated heterocycles. The molecule has 0 aliphatic heterocycles. The molecular formula is C24H30ClN3O4Si. The normalized spacial score (nSPS) is 12.2. The summed E-state index contributed by atoms with van der Waals surface area (Å²) in [6.45, 7) is 13.1. The number of carbonyl (C=O) groups excluding carboxylic acids is 2. The number of aromatic nitrogens is 2. The highest BCUT2D eigenvalue weighted by molar-refractivity contribution is 6.74. The summed E-state index contributed by atoms with van der Waals surface area (Å²) in [5, 5.41) is 1.01. The van der Waals surface area contributed by atoms with Gasteiger partial charge in [-0.3, -0.25) is 9.78 Å². The number of ether oxygens (including phenoxy) is 1. The summed E-state index contributed by atoms with van der Waals surface area (Å²) >= 11 is 6.14. The molecule has 0 saturated carbocycles. The van der Waals surface area contributed by atoms with Gasteiger partial charge in [0, 0.05) is 16.6 Å². The molecule has 3 aromatic rings. The van der Waals surface area contributed by atoms with Gasteiger partial charge in [-0.05, 0) is 61.0 Å². The van der Waals surface area contributed by atoms with Crippen LogP contribution in [0.15, 0.2) is 36.5 Å². The van der Waals surface area contributed by atoms with E-state index in [0.717, 1.165) is 5.56 Å². The van der Waals surface area contributed by atoms with Crippen LogP contribution >= 0.6 is 11.6 Å². The maximum absolute atomic E-state index is 13.5. The van der Waals surface area contributed by atoms with Gasteiger partial charge in [0.25, 0.3) is 0 Å². The van der Waals surface area contributed by atoms with Crippen molar-refractivity contribution in [2.45, 2.75) is 52.4 Å². The molecule has 3 rings (SSSR count). The average molecular weight is 488 g/mol. The van der Waals surface area contributed by atoms with Gasteiger partial charge in [-0.1, -0.05) is 32.4 Å². The smallest absolute Gasteiger partial charge is 0.419 e. The van der Waals surface area contributed by atoms with Crippen LogP contribution in [0.3, 0.4) is 0 Å². The van der Waals surface area contributed by atoms with Gasteiger partial charge < -0.3 is 14.9 Å². The van der Waals surface area contributed by atoms with E-state index in [-0.39, 0.29) is 28.7 Å². The van der Waals surface area contributed by atoms with E-state index in [1.165, 1.54) is 4.57 Å². The molecule has 0 aliphatic rings. The molecule has 2 heterocycles. The molecule has 1 aromatic carbocycles. The number of hydrogen-bond donors (Lipinski definition) is 1. The van der Waals surface area contributed by atoms with Crippen LogP contribution in [0.2, 0.25) is 23.2 Å². The molecule has 176 valence electrons. The van der Waals surface area contributed by atoms with Crippen LogP contribution in [0.25, 0.3) is 10.9 Å². The second kappa shape index (κ2) is 9.28. The molecule has 0 radical (unpaired) electrons. The predicted molar refractivity (Wildman–Crippen MR) is 133 cm³/mol. The zero-order valence-electron chi connectivity index (χ0n) is 19.9. The van der Waals surface area contributed by atoms with Gasteiger partial charge in [0.1, 0.15) is 11.4 Å². The molecule has 7 nitrogen and oxygen atoms in total. The third kappa shape index (κ3) is 4.97. The molecule has 2 aromatic heterocycles. The fraction of sp³-hybridized carbons (Fsp3) is 0.375. The van der Waals surface area contributed by atoms with E-state index in [1.54, 1.807) is 37.4 Å². The topological polar surface area (TPSA) is 96.4 Å². The molecule has 9 heteroatoms. The van der Waals surface area contributed by atoms with Crippen molar-refractivity contribution < 1.29 is 18.8 Å². The Morgan fingerprint density at radius 2 is 1.88 bits per heavy atom.